The minimum absolute atomic E-state index is 0.0437. The topological polar surface area (TPSA) is 46.2 Å². The van der Waals surface area contributed by atoms with Gasteiger partial charge in [0.05, 0.1) is 5.60 Å². The van der Waals surface area contributed by atoms with E-state index in [1.807, 2.05) is 13.8 Å². The molecule has 1 rings (SSSR count). The van der Waals surface area contributed by atoms with Crippen molar-refractivity contribution in [2.24, 2.45) is 11.7 Å². The summed E-state index contributed by atoms with van der Waals surface area (Å²) in [6.07, 6.45) is 6.31. The predicted octanol–water partition coefficient (Wildman–Crippen LogP) is 3.44. The number of aliphatic hydroxyl groups is 1. The first-order chi connectivity index (χ1) is 6.52. The quantitative estimate of drug-likeness (QED) is 0.667. The molecule has 1 fully saturated rings. The van der Waals surface area contributed by atoms with Crippen LogP contribution in [0, 0.1) is 5.92 Å². The maximum Gasteiger partial charge on any atom is 0.0744 e. The SMILES string of the molecule is CC(C)(O)C(N)C1CCCCC1.II. The maximum absolute atomic E-state index is 9.71. The monoisotopic (exact) mass is 425 g/mol. The summed E-state index contributed by atoms with van der Waals surface area (Å²) in [6, 6.07) is -0.0437. The Morgan fingerprint density at radius 2 is 1.64 bits per heavy atom. The fraction of sp³-hybridized carbons (Fsp3) is 1.00. The lowest BCUT2D eigenvalue weighted by atomic mass is 9.78. The van der Waals surface area contributed by atoms with Crippen molar-refractivity contribution < 1.29 is 5.11 Å². The van der Waals surface area contributed by atoms with E-state index in [2.05, 4.69) is 37.2 Å². The Bertz CT molecular complexity index is 142. The summed E-state index contributed by atoms with van der Waals surface area (Å²) >= 11 is 4.24. The average molecular weight is 425 g/mol. The van der Waals surface area contributed by atoms with Gasteiger partial charge in [0, 0.05) is 43.3 Å². The van der Waals surface area contributed by atoms with Gasteiger partial charge in [-0.1, -0.05) is 19.3 Å². The first-order valence-electron chi connectivity index (χ1n) is 5.14. The molecule has 0 aliphatic heterocycles. The summed E-state index contributed by atoms with van der Waals surface area (Å²) in [5.41, 5.74) is 5.27. The molecule has 1 aliphatic carbocycles. The smallest absolute Gasteiger partial charge is 0.0744 e. The summed E-state index contributed by atoms with van der Waals surface area (Å²) < 4.78 is 0. The molecule has 0 heterocycles. The molecule has 0 aromatic heterocycles. The van der Waals surface area contributed by atoms with Crippen molar-refractivity contribution in [2.45, 2.75) is 57.6 Å². The Hall–Kier alpha value is 1.38. The Morgan fingerprint density at radius 1 is 1.21 bits per heavy atom. The summed E-state index contributed by atoms with van der Waals surface area (Å²) in [5, 5.41) is 9.71. The van der Waals surface area contributed by atoms with Crippen LogP contribution in [0.25, 0.3) is 0 Å². The summed E-state index contributed by atoms with van der Waals surface area (Å²) in [5.74, 6) is 0.541. The zero-order chi connectivity index (χ0) is 11.2. The van der Waals surface area contributed by atoms with Gasteiger partial charge in [-0.2, -0.15) is 0 Å². The van der Waals surface area contributed by atoms with E-state index in [1.165, 1.54) is 32.1 Å². The second kappa shape index (κ2) is 7.62. The Morgan fingerprint density at radius 3 is 2.00 bits per heavy atom. The molecule has 3 N–H and O–H groups in total. The molecule has 0 bridgehead atoms. The van der Waals surface area contributed by atoms with Gasteiger partial charge in [-0.3, -0.25) is 0 Å². The number of halogens is 2. The van der Waals surface area contributed by atoms with Gasteiger partial charge < -0.3 is 10.8 Å². The van der Waals surface area contributed by atoms with Crippen LogP contribution >= 0.6 is 37.2 Å². The Labute approximate surface area is 111 Å². The largest absolute Gasteiger partial charge is 0.389 e. The number of hydrogen-bond acceptors (Lipinski definition) is 2. The summed E-state index contributed by atoms with van der Waals surface area (Å²) in [6.45, 7) is 3.62. The number of nitrogens with two attached hydrogens (primary N) is 1. The molecule has 14 heavy (non-hydrogen) atoms. The van der Waals surface area contributed by atoms with E-state index in [-0.39, 0.29) is 6.04 Å². The van der Waals surface area contributed by atoms with Crippen LogP contribution in [0.5, 0.6) is 0 Å². The molecule has 4 heteroatoms. The lowest BCUT2D eigenvalue weighted by Gasteiger charge is -2.35. The third-order valence-electron chi connectivity index (χ3n) is 2.97. The minimum Gasteiger partial charge on any atom is -0.389 e. The van der Waals surface area contributed by atoms with Crippen molar-refractivity contribution in [2.75, 3.05) is 0 Å². The normalized spacial score (nSPS) is 21.0. The third kappa shape index (κ3) is 5.46. The molecule has 1 unspecified atom stereocenters. The molecule has 0 amide bonds. The summed E-state index contributed by atoms with van der Waals surface area (Å²) in [7, 11) is 0. The van der Waals surface area contributed by atoms with Crippen LogP contribution in [0.15, 0.2) is 0 Å². The van der Waals surface area contributed by atoms with Crippen LogP contribution in [0.1, 0.15) is 46.0 Å². The highest BCUT2D eigenvalue weighted by molar-refractivity contribution is 15.0. The number of hydrogen-bond donors (Lipinski definition) is 2. The first-order valence-corrected chi connectivity index (χ1v) is 11.4. The van der Waals surface area contributed by atoms with E-state index in [9.17, 15) is 5.11 Å². The van der Waals surface area contributed by atoms with Crippen LogP contribution < -0.4 is 5.73 Å². The van der Waals surface area contributed by atoms with Crippen molar-refractivity contribution in [1.82, 2.24) is 0 Å². The van der Waals surface area contributed by atoms with Gasteiger partial charge in [0.25, 0.3) is 0 Å². The molecule has 1 aliphatic rings. The zero-order valence-corrected chi connectivity index (χ0v) is 13.3. The Kier molecular flexibility index (Phi) is 8.37. The van der Waals surface area contributed by atoms with Crippen molar-refractivity contribution in [3.63, 3.8) is 0 Å². The molecule has 0 radical (unpaired) electrons. The van der Waals surface area contributed by atoms with Crippen molar-refractivity contribution >= 4 is 37.2 Å². The van der Waals surface area contributed by atoms with Gasteiger partial charge in [0.15, 0.2) is 0 Å². The lowest BCUT2D eigenvalue weighted by Crippen LogP contribution is -2.48. The van der Waals surface area contributed by atoms with Crippen molar-refractivity contribution in [1.29, 1.82) is 0 Å². The van der Waals surface area contributed by atoms with E-state index >= 15 is 0 Å². The maximum atomic E-state index is 9.71. The van der Waals surface area contributed by atoms with Gasteiger partial charge in [-0.15, -0.1) is 0 Å². The highest BCUT2D eigenvalue weighted by Gasteiger charge is 2.31. The Balaban J connectivity index is 0.000000791. The second-order valence-electron chi connectivity index (χ2n) is 4.58. The second-order valence-corrected chi connectivity index (χ2v) is 4.58. The van der Waals surface area contributed by atoms with Crippen LogP contribution in [0.4, 0.5) is 0 Å². The minimum atomic E-state index is -0.706. The average Bonchev–Trinajstić information content (AvgIpc) is 2.20. The van der Waals surface area contributed by atoms with Gasteiger partial charge in [-0.05, 0) is 32.6 Å². The van der Waals surface area contributed by atoms with Crippen molar-refractivity contribution in [3.8, 4) is 0 Å². The lowest BCUT2D eigenvalue weighted by molar-refractivity contribution is 0.0229. The fourth-order valence-corrected chi connectivity index (χ4v) is 2.07. The van der Waals surface area contributed by atoms with Crippen LogP contribution in [-0.2, 0) is 0 Å². The molecular formula is C10H21I2NO. The third-order valence-corrected chi connectivity index (χ3v) is 2.97. The molecular weight excluding hydrogens is 404 g/mol. The molecule has 1 saturated carbocycles. The molecule has 2 nitrogen and oxygen atoms in total. The van der Waals surface area contributed by atoms with E-state index in [1.54, 1.807) is 0 Å². The van der Waals surface area contributed by atoms with Gasteiger partial charge in [0.2, 0.25) is 0 Å². The molecule has 0 aromatic rings. The van der Waals surface area contributed by atoms with E-state index in [4.69, 9.17) is 5.73 Å². The van der Waals surface area contributed by atoms with Crippen LogP contribution in [-0.4, -0.2) is 16.7 Å². The van der Waals surface area contributed by atoms with Crippen LogP contribution in [0.2, 0.25) is 0 Å². The van der Waals surface area contributed by atoms with Gasteiger partial charge in [0.1, 0.15) is 0 Å². The standard InChI is InChI=1S/C10H21NO.I2/c1-10(2,12)9(11)8-6-4-3-5-7-8;1-2/h8-9,12H,3-7,11H2,1-2H3;. The molecule has 86 valence electrons. The van der Waals surface area contributed by atoms with Crippen LogP contribution in [0.3, 0.4) is 0 Å². The van der Waals surface area contributed by atoms with Crippen molar-refractivity contribution in [3.05, 3.63) is 0 Å². The highest BCUT2D eigenvalue weighted by Crippen LogP contribution is 2.29. The fourth-order valence-electron chi connectivity index (χ4n) is 2.07. The van der Waals surface area contributed by atoms with Gasteiger partial charge in [-0.25, -0.2) is 0 Å². The summed E-state index contributed by atoms with van der Waals surface area (Å²) in [4.78, 5) is 0. The zero-order valence-electron chi connectivity index (χ0n) is 8.97. The number of rotatable bonds is 2. The van der Waals surface area contributed by atoms with E-state index < -0.39 is 5.60 Å². The van der Waals surface area contributed by atoms with E-state index in [0.29, 0.717) is 5.92 Å². The molecule has 0 spiro atoms. The van der Waals surface area contributed by atoms with E-state index in [0.717, 1.165) is 0 Å². The van der Waals surface area contributed by atoms with Gasteiger partial charge >= 0.3 is 0 Å². The highest BCUT2D eigenvalue weighted by atomic mass is 128. The molecule has 0 aromatic carbocycles. The molecule has 1 atom stereocenters. The molecule has 0 saturated heterocycles. The predicted molar refractivity (Wildman–Crippen MR) is 78.9 cm³/mol. The first kappa shape index (κ1) is 15.4.